The van der Waals surface area contributed by atoms with Gasteiger partial charge in [0.15, 0.2) is 0 Å². The Bertz CT molecular complexity index is 1150. The highest BCUT2D eigenvalue weighted by Crippen LogP contribution is 2.31. The molecule has 0 amide bonds. The van der Waals surface area contributed by atoms with E-state index in [1.165, 1.54) is 6.07 Å². The quantitative estimate of drug-likeness (QED) is 0.520. The van der Waals surface area contributed by atoms with E-state index in [4.69, 9.17) is 16.3 Å². The maximum atomic E-state index is 12.3. The molecule has 1 aliphatic rings. The first-order valence-corrected chi connectivity index (χ1v) is 11.1. The van der Waals surface area contributed by atoms with E-state index in [0.717, 1.165) is 30.8 Å². The number of ether oxygens (including phenoxy) is 1. The van der Waals surface area contributed by atoms with E-state index >= 15 is 0 Å². The van der Waals surface area contributed by atoms with Gasteiger partial charge < -0.3 is 19.5 Å². The molecule has 9 heteroatoms. The number of carboxylic acids is 2. The van der Waals surface area contributed by atoms with Crippen molar-refractivity contribution < 1.29 is 24.5 Å². The summed E-state index contributed by atoms with van der Waals surface area (Å²) in [6, 6.07) is 11.3. The lowest BCUT2D eigenvalue weighted by Gasteiger charge is -2.37. The smallest absolute Gasteiger partial charge is 0.335 e. The Morgan fingerprint density at radius 1 is 1.06 bits per heavy atom. The Hall–Kier alpha value is -3.07. The lowest BCUT2D eigenvalue weighted by molar-refractivity contribution is -0.144. The Kier molecular flexibility index (Phi) is 6.88. The molecule has 2 aromatic carbocycles. The highest BCUT2D eigenvalue weighted by molar-refractivity contribution is 6.30. The lowest BCUT2D eigenvalue weighted by atomic mass is 10.0. The van der Waals surface area contributed by atoms with Crippen LogP contribution in [0.3, 0.4) is 0 Å². The van der Waals surface area contributed by atoms with Crippen LogP contribution in [0.15, 0.2) is 48.7 Å². The molecule has 1 fully saturated rings. The van der Waals surface area contributed by atoms with Crippen LogP contribution < -0.4 is 4.74 Å². The number of rotatable bonds is 8. The molecule has 0 bridgehead atoms. The summed E-state index contributed by atoms with van der Waals surface area (Å²) >= 11 is 5.89. The Morgan fingerprint density at radius 3 is 2.39 bits per heavy atom. The number of aromatic carboxylic acids is 1. The van der Waals surface area contributed by atoms with Gasteiger partial charge in [0, 0.05) is 67.5 Å². The first-order chi connectivity index (χ1) is 15.8. The molecule has 0 saturated carbocycles. The fourth-order valence-electron chi connectivity index (χ4n) is 4.32. The van der Waals surface area contributed by atoms with Crippen LogP contribution in [0.1, 0.15) is 22.0 Å². The van der Waals surface area contributed by atoms with Crippen LogP contribution in [0.25, 0.3) is 10.9 Å². The van der Waals surface area contributed by atoms with E-state index in [9.17, 15) is 19.8 Å². The van der Waals surface area contributed by atoms with Gasteiger partial charge in [0.05, 0.1) is 5.56 Å². The van der Waals surface area contributed by atoms with Crippen molar-refractivity contribution in [1.29, 1.82) is 0 Å². The third-order valence-corrected chi connectivity index (χ3v) is 6.31. The maximum Gasteiger partial charge on any atom is 0.335 e. The summed E-state index contributed by atoms with van der Waals surface area (Å²) in [6.45, 7) is 3.99. The summed E-state index contributed by atoms with van der Waals surface area (Å²) in [5, 5.41) is 20.8. The minimum absolute atomic E-state index is 0.177. The van der Waals surface area contributed by atoms with Crippen molar-refractivity contribution in [2.75, 3.05) is 39.3 Å². The molecule has 174 valence electrons. The number of carbonyl (C=O) groups is 2. The Balaban J connectivity index is 1.41. The topological polar surface area (TPSA) is 95.2 Å². The number of carboxylic acid groups (broad SMARTS) is 2. The van der Waals surface area contributed by atoms with Crippen LogP contribution in [0, 0.1) is 0 Å². The zero-order valence-electron chi connectivity index (χ0n) is 18.3. The minimum atomic E-state index is -1.01. The summed E-state index contributed by atoms with van der Waals surface area (Å²) in [4.78, 5) is 27.8. The Labute approximate surface area is 196 Å². The average Bonchev–Trinajstić information content (AvgIpc) is 3.11. The van der Waals surface area contributed by atoms with Crippen LogP contribution in [-0.4, -0.2) is 75.8 Å². The van der Waals surface area contributed by atoms with Crippen LogP contribution in [0.4, 0.5) is 0 Å². The average molecular weight is 472 g/mol. The number of aryl methyl sites for hydroxylation is 1. The van der Waals surface area contributed by atoms with E-state index in [-0.39, 0.29) is 5.56 Å². The number of aromatic nitrogens is 1. The van der Waals surface area contributed by atoms with Crippen molar-refractivity contribution in [3.05, 3.63) is 64.8 Å². The summed E-state index contributed by atoms with van der Waals surface area (Å²) in [6.07, 6.45) is 1.79. The number of aliphatic carboxylic acids is 1. The first kappa shape index (κ1) is 23.1. The summed E-state index contributed by atoms with van der Waals surface area (Å²) in [5.74, 6) is -1.15. The second kappa shape index (κ2) is 9.82. The van der Waals surface area contributed by atoms with Crippen molar-refractivity contribution in [3.8, 4) is 5.75 Å². The van der Waals surface area contributed by atoms with Crippen molar-refractivity contribution >= 4 is 34.4 Å². The van der Waals surface area contributed by atoms with Gasteiger partial charge in [-0.05, 0) is 36.4 Å². The molecule has 33 heavy (non-hydrogen) atoms. The highest BCUT2D eigenvalue weighted by Gasteiger charge is 2.32. The van der Waals surface area contributed by atoms with Gasteiger partial charge in [-0.2, -0.15) is 0 Å². The fourth-order valence-corrected chi connectivity index (χ4v) is 4.45. The second-order valence-corrected chi connectivity index (χ2v) is 8.59. The summed E-state index contributed by atoms with van der Waals surface area (Å²) in [5.41, 5.74) is 1.56. The van der Waals surface area contributed by atoms with Gasteiger partial charge in [0.2, 0.25) is 0 Å². The number of hydrogen-bond donors (Lipinski definition) is 2. The van der Waals surface area contributed by atoms with Gasteiger partial charge >= 0.3 is 11.9 Å². The molecule has 1 aromatic heterocycles. The third kappa shape index (κ3) is 5.13. The second-order valence-electron chi connectivity index (χ2n) is 8.15. The van der Waals surface area contributed by atoms with Gasteiger partial charge in [-0.15, -0.1) is 0 Å². The van der Waals surface area contributed by atoms with Crippen LogP contribution in [0.5, 0.6) is 5.75 Å². The molecule has 2 N–H and O–H groups in total. The predicted molar refractivity (Wildman–Crippen MR) is 125 cm³/mol. The molecular formula is C24H26ClN3O5. The highest BCUT2D eigenvalue weighted by atomic mass is 35.5. The first-order valence-electron chi connectivity index (χ1n) is 10.7. The molecule has 0 aliphatic carbocycles. The molecule has 1 aliphatic heterocycles. The largest absolute Gasteiger partial charge is 0.492 e. The number of piperazine rings is 1. The molecule has 2 heterocycles. The minimum Gasteiger partial charge on any atom is -0.492 e. The summed E-state index contributed by atoms with van der Waals surface area (Å²) < 4.78 is 7.56. The predicted octanol–water partition coefficient (Wildman–Crippen LogP) is 3.35. The van der Waals surface area contributed by atoms with Gasteiger partial charge in [0.25, 0.3) is 0 Å². The molecule has 4 rings (SSSR count). The molecule has 1 saturated heterocycles. The van der Waals surface area contributed by atoms with Gasteiger partial charge in [-0.1, -0.05) is 17.7 Å². The number of nitrogens with zero attached hydrogens (tertiary/aromatic N) is 3. The number of halogens is 1. The van der Waals surface area contributed by atoms with Crippen LogP contribution in [-0.2, 0) is 11.8 Å². The van der Waals surface area contributed by atoms with Gasteiger partial charge in [-0.3, -0.25) is 14.6 Å². The fraction of sp³-hybridized carbons (Fsp3) is 0.333. The monoisotopic (exact) mass is 471 g/mol. The molecule has 3 aromatic rings. The SMILES string of the molecule is Cn1cc([C@H](C(=O)O)N2CCN(CCOc3ccc(Cl)cc3)CC2)c2ccc(C(=O)O)cc21. The zero-order chi connectivity index (χ0) is 23.5. The van der Waals surface area contributed by atoms with E-state index < -0.39 is 18.0 Å². The van der Waals surface area contributed by atoms with Crippen LogP contribution in [0.2, 0.25) is 5.02 Å². The molecule has 0 spiro atoms. The molecule has 0 radical (unpaired) electrons. The van der Waals surface area contributed by atoms with E-state index in [2.05, 4.69) is 4.90 Å². The van der Waals surface area contributed by atoms with E-state index in [0.29, 0.717) is 35.8 Å². The van der Waals surface area contributed by atoms with E-state index in [1.54, 1.807) is 42.1 Å². The normalized spacial score (nSPS) is 16.1. The lowest BCUT2D eigenvalue weighted by Crippen LogP contribution is -2.50. The Morgan fingerprint density at radius 2 is 1.76 bits per heavy atom. The van der Waals surface area contributed by atoms with Crippen LogP contribution >= 0.6 is 11.6 Å². The van der Waals surface area contributed by atoms with Crippen molar-refractivity contribution in [2.24, 2.45) is 7.05 Å². The standard InChI is InChI=1S/C24H26ClN3O5/c1-26-15-20(19-7-2-16(23(29)30)14-21(19)26)22(24(31)32)28-10-8-27(9-11-28)12-13-33-18-5-3-17(25)4-6-18/h2-7,14-15,22H,8-13H2,1H3,(H,29,30)(H,31,32)/t22-/m1/s1. The maximum absolute atomic E-state index is 12.3. The number of fused-ring (bicyclic) bond motifs is 1. The van der Waals surface area contributed by atoms with Crippen molar-refractivity contribution in [1.82, 2.24) is 14.4 Å². The molecular weight excluding hydrogens is 446 g/mol. The molecule has 1 atom stereocenters. The summed E-state index contributed by atoms with van der Waals surface area (Å²) in [7, 11) is 1.80. The van der Waals surface area contributed by atoms with Crippen molar-refractivity contribution in [2.45, 2.75) is 6.04 Å². The van der Waals surface area contributed by atoms with Gasteiger partial charge in [0.1, 0.15) is 18.4 Å². The van der Waals surface area contributed by atoms with Crippen molar-refractivity contribution in [3.63, 3.8) is 0 Å². The van der Waals surface area contributed by atoms with Gasteiger partial charge in [-0.25, -0.2) is 4.79 Å². The molecule has 8 nitrogen and oxygen atoms in total. The molecule has 0 unspecified atom stereocenters. The number of hydrogen-bond acceptors (Lipinski definition) is 5. The number of benzene rings is 2. The van der Waals surface area contributed by atoms with E-state index in [1.807, 2.05) is 17.0 Å². The zero-order valence-corrected chi connectivity index (χ0v) is 19.0. The third-order valence-electron chi connectivity index (χ3n) is 6.06.